The van der Waals surface area contributed by atoms with Gasteiger partial charge < -0.3 is 15.7 Å². The molecule has 0 rings (SSSR count). The van der Waals surface area contributed by atoms with E-state index < -0.39 is 14.2 Å². The molecule has 8 nitrogen and oxygen atoms in total. The summed E-state index contributed by atoms with van der Waals surface area (Å²) in [4.78, 5) is 19.7. The molecule has 0 aromatic rings. The highest BCUT2D eigenvalue weighted by molar-refractivity contribution is 7.32. The fraction of sp³-hybridized carbons (Fsp3) is 0.600. The van der Waals surface area contributed by atoms with Crippen molar-refractivity contribution >= 4 is 20.2 Å². The Morgan fingerprint density at radius 3 is 2.71 bits per heavy atom. The van der Waals surface area contributed by atoms with Gasteiger partial charge >= 0.3 is 14.2 Å². The average Bonchev–Trinajstić information content (AvgIpc) is 2.09. The van der Waals surface area contributed by atoms with Gasteiger partial charge in [0.15, 0.2) is 0 Å². The molecule has 14 heavy (non-hydrogen) atoms. The molecule has 0 aliphatic heterocycles. The van der Waals surface area contributed by atoms with Crippen LogP contribution in [0.3, 0.4) is 0 Å². The molecule has 0 aromatic carbocycles. The standard InChI is InChI=1S/C5H10N3O5P/c1-8(3-2-4(9)10)5(6)7-13-14(11)12/h2-3H2,1H3,(H3-,6,7,9,10,11,12)/p+1. The number of carboxylic acid groups (broad SMARTS) is 1. The number of aliphatic carboxylic acids is 1. The summed E-state index contributed by atoms with van der Waals surface area (Å²) in [5.41, 5.74) is 5.27. The first kappa shape index (κ1) is 12.6. The van der Waals surface area contributed by atoms with Crippen LogP contribution >= 0.6 is 8.25 Å². The average molecular weight is 224 g/mol. The van der Waals surface area contributed by atoms with Crippen LogP contribution in [-0.2, 0) is 14.0 Å². The van der Waals surface area contributed by atoms with Gasteiger partial charge in [0, 0.05) is 23.3 Å². The molecule has 4 N–H and O–H groups in total. The number of nitrogens with zero attached hydrogens (tertiary/aromatic N) is 2. The van der Waals surface area contributed by atoms with E-state index in [0.29, 0.717) is 0 Å². The van der Waals surface area contributed by atoms with Gasteiger partial charge in [-0.15, -0.1) is 9.52 Å². The lowest BCUT2D eigenvalue weighted by Gasteiger charge is -2.14. The quantitative estimate of drug-likeness (QED) is 0.243. The van der Waals surface area contributed by atoms with Gasteiger partial charge in [0.1, 0.15) is 0 Å². The molecule has 0 aromatic heterocycles. The highest BCUT2D eigenvalue weighted by atomic mass is 31.1. The van der Waals surface area contributed by atoms with Crippen LogP contribution in [-0.4, -0.2) is 40.4 Å². The summed E-state index contributed by atoms with van der Waals surface area (Å²) in [5, 5.41) is 11.4. The van der Waals surface area contributed by atoms with E-state index in [1.165, 1.54) is 11.9 Å². The van der Waals surface area contributed by atoms with Crippen molar-refractivity contribution in [2.45, 2.75) is 6.42 Å². The Bertz CT molecular complexity index is 256. The number of nitrogens with two attached hydrogens (primary N) is 1. The Morgan fingerprint density at radius 1 is 1.71 bits per heavy atom. The number of rotatable bonds is 5. The van der Waals surface area contributed by atoms with E-state index >= 15 is 0 Å². The molecule has 0 saturated heterocycles. The minimum atomic E-state index is -2.84. The predicted molar refractivity (Wildman–Crippen MR) is 47.4 cm³/mol. The molecule has 0 radical (unpaired) electrons. The molecule has 0 heterocycles. The maximum absolute atomic E-state index is 10.2. The summed E-state index contributed by atoms with van der Waals surface area (Å²) in [6, 6.07) is 0. The third-order valence-corrected chi connectivity index (χ3v) is 1.48. The van der Waals surface area contributed by atoms with Gasteiger partial charge in [0.05, 0.1) is 6.42 Å². The summed E-state index contributed by atoms with van der Waals surface area (Å²) in [5.74, 6) is -1.14. The van der Waals surface area contributed by atoms with E-state index in [9.17, 15) is 9.36 Å². The van der Waals surface area contributed by atoms with Crippen molar-refractivity contribution in [2.24, 2.45) is 10.9 Å². The zero-order chi connectivity index (χ0) is 11.1. The molecule has 1 atom stereocenters. The Hall–Kier alpha value is -1.40. The molecule has 1 unspecified atom stereocenters. The van der Waals surface area contributed by atoms with Crippen LogP contribution in [0.1, 0.15) is 6.42 Å². The first-order valence-electron chi connectivity index (χ1n) is 3.53. The molecule has 80 valence electrons. The maximum Gasteiger partial charge on any atom is 0.770 e. The van der Waals surface area contributed by atoms with Gasteiger partial charge in [0.2, 0.25) is 5.96 Å². The van der Waals surface area contributed by atoms with Crippen LogP contribution in [0, 0.1) is 0 Å². The smallest absolute Gasteiger partial charge is 0.481 e. The van der Waals surface area contributed by atoms with Crippen molar-refractivity contribution in [1.29, 1.82) is 0 Å². The van der Waals surface area contributed by atoms with Crippen molar-refractivity contribution in [3.8, 4) is 0 Å². The van der Waals surface area contributed by atoms with Gasteiger partial charge in [-0.3, -0.25) is 4.79 Å². The largest absolute Gasteiger partial charge is 0.770 e. The van der Waals surface area contributed by atoms with Gasteiger partial charge in [-0.25, -0.2) is 0 Å². The second-order valence-corrected chi connectivity index (χ2v) is 2.97. The van der Waals surface area contributed by atoms with E-state index in [4.69, 9.17) is 15.7 Å². The minimum Gasteiger partial charge on any atom is -0.481 e. The molecule has 0 bridgehead atoms. The summed E-state index contributed by atoms with van der Waals surface area (Å²) in [6.07, 6.45) is -0.113. The lowest BCUT2D eigenvalue weighted by atomic mass is 10.4. The van der Waals surface area contributed by atoms with Crippen molar-refractivity contribution in [3.05, 3.63) is 0 Å². The van der Waals surface area contributed by atoms with E-state index in [-0.39, 0.29) is 18.9 Å². The van der Waals surface area contributed by atoms with Gasteiger partial charge in [-0.05, 0) is 0 Å². The fourth-order valence-corrected chi connectivity index (χ4v) is 0.678. The Kier molecular flexibility index (Phi) is 5.50. The maximum atomic E-state index is 10.2. The monoisotopic (exact) mass is 224 g/mol. The lowest BCUT2D eigenvalue weighted by Crippen LogP contribution is -2.35. The summed E-state index contributed by atoms with van der Waals surface area (Å²) >= 11 is 0. The molecule has 9 heteroatoms. The molecule has 0 amide bonds. The molecular weight excluding hydrogens is 213 g/mol. The fourth-order valence-electron chi connectivity index (χ4n) is 0.524. The van der Waals surface area contributed by atoms with E-state index in [1.807, 2.05) is 0 Å². The number of hydrogen-bond acceptors (Lipinski definition) is 4. The number of hydrogen-bond donors (Lipinski definition) is 3. The van der Waals surface area contributed by atoms with Gasteiger partial charge in [-0.1, -0.05) is 0 Å². The predicted octanol–water partition coefficient (Wildman–Crippen LogP) is -0.711. The Labute approximate surface area is 80.9 Å². The zero-order valence-electron chi connectivity index (χ0n) is 7.45. The van der Waals surface area contributed by atoms with E-state index in [0.717, 1.165) is 0 Å². The lowest BCUT2D eigenvalue weighted by molar-refractivity contribution is -0.137. The van der Waals surface area contributed by atoms with Crippen LogP contribution in [0.15, 0.2) is 5.16 Å². The van der Waals surface area contributed by atoms with Crippen molar-refractivity contribution in [2.75, 3.05) is 13.6 Å². The van der Waals surface area contributed by atoms with Gasteiger partial charge in [-0.2, -0.15) is 0 Å². The van der Waals surface area contributed by atoms with Gasteiger partial charge in [0.25, 0.3) is 0 Å². The molecular formula is C5H11N3O5P+. The topological polar surface area (TPSA) is 125 Å². The SMILES string of the molecule is CN(CCC(=O)O)C(N)=NO[P+](=O)O. The normalized spacial score (nSPS) is 12.1. The summed E-state index contributed by atoms with van der Waals surface area (Å²) < 4.78 is 14.0. The van der Waals surface area contributed by atoms with E-state index in [1.54, 1.807) is 0 Å². The highest BCUT2D eigenvalue weighted by Crippen LogP contribution is 2.14. The third kappa shape index (κ3) is 6.15. The number of guanidine groups is 1. The second-order valence-electron chi connectivity index (χ2n) is 2.33. The molecule has 0 aliphatic rings. The first-order valence-corrected chi connectivity index (χ1v) is 4.66. The van der Waals surface area contributed by atoms with Crippen molar-refractivity contribution < 1.29 is 24.0 Å². The summed E-state index contributed by atoms with van der Waals surface area (Å²) in [7, 11) is -1.36. The van der Waals surface area contributed by atoms with Crippen LogP contribution in [0.4, 0.5) is 0 Å². The van der Waals surface area contributed by atoms with Crippen LogP contribution < -0.4 is 5.73 Å². The molecule has 0 saturated carbocycles. The number of oxime groups is 1. The van der Waals surface area contributed by atoms with Crippen molar-refractivity contribution in [3.63, 3.8) is 0 Å². The highest BCUT2D eigenvalue weighted by Gasteiger charge is 2.13. The number of carboxylic acids is 1. The van der Waals surface area contributed by atoms with Crippen LogP contribution in [0.5, 0.6) is 0 Å². The third-order valence-electron chi connectivity index (χ3n) is 1.26. The molecule has 0 fully saturated rings. The van der Waals surface area contributed by atoms with Crippen molar-refractivity contribution in [1.82, 2.24) is 4.90 Å². The van der Waals surface area contributed by atoms with E-state index in [2.05, 4.69) is 9.78 Å². The Balaban J connectivity index is 3.97. The second kappa shape index (κ2) is 6.11. The molecule has 0 spiro atoms. The Morgan fingerprint density at radius 2 is 2.29 bits per heavy atom. The van der Waals surface area contributed by atoms with Crippen LogP contribution in [0.2, 0.25) is 0 Å². The van der Waals surface area contributed by atoms with Crippen LogP contribution in [0.25, 0.3) is 0 Å². The number of carbonyl (C=O) groups is 1. The molecule has 0 aliphatic carbocycles. The zero-order valence-corrected chi connectivity index (χ0v) is 8.35. The first-order chi connectivity index (χ1) is 6.43. The summed E-state index contributed by atoms with van der Waals surface area (Å²) in [6.45, 7) is 0.135. The minimum absolute atomic E-state index is 0.113.